The van der Waals surface area contributed by atoms with Gasteiger partial charge in [-0.3, -0.25) is 9.69 Å². The lowest BCUT2D eigenvalue weighted by Crippen LogP contribution is -2.40. The van der Waals surface area contributed by atoms with Gasteiger partial charge in [0.1, 0.15) is 5.82 Å². The van der Waals surface area contributed by atoms with E-state index in [1.165, 1.54) is 5.69 Å². The number of likely N-dealkylation sites (tertiary alicyclic amines) is 1. The summed E-state index contributed by atoms with van der Waals surface area (Å²) in [5, 5.41) is 5.10. The molecule has 3 heterocycles. The standard InChI is InChI=1S/C21H25N5OS/c1-15-22-10-19(25(15)2)12-26-9-3-4-17(11-26)21(27)24-18-7-5-16(6-8-18)20-13-28-14-23-20/h5-8,10,13-14,17H,3-4,9,11-12H2,1-2H3,(H,24,27)/t17-/m0/s1. The molecule has 6 nitrogen and oxygen atoms in total. The van der Waals surface area contributed by atoms with Crippen molar-refractivity contribution in [2.45, 2.75) is 26.3 Å². The van der Waals surface area contributed by atoms with Gasteiger partial charge < -0.3 is 9.88 Å². The molecule has 4 rings (SSSR count). The van der Waals surface area contributed by atoms with Crippen molar-refractivity contribution in [1.82, 2.24) is 19.4 Å². The Balaban J connectivity index is 1.35. The van der Waals surface area contributed by atoms with Crippen molar-refractivity contribution >= 4 is 22.9 Å². The first-order valence-corrected chi connectivity index (χ1v) is 10.5. The molecule has 1 N–H and O–H groups in total. The number of piperidine rings is 1. The number of thiazole rings is 1. The van der Waals surface area contributed by atoms with E-state index in [1.807, 2.05) is 55.3 Å². The second-order valence-corrected chi connectivity index (χ2v) is 8.09. The maximum atomic E-state index is 12.8. The average molecular weight is 396 g/mol. The number of hydrogen-bond donors (Lipinski definition) is 1. The molecule has 1 amide bonds. The van der Waals surface area contributed by atoms with Gasteiger partial charge in [0.15, 0.2) is 0 Å². The van der Waals surface area contributed by atoms with Gasteiger partial charge in [0, 0.05) is 43.0 Å². The number of rotatable bonds is 5. The lowest BCUT2D eigenvalue weighted by molar-refractivity contribution is -0.121. The number of nitrogens with zero attached hydrogens (tertiary/aromatic N) is 4. The number of carbonyl (C=O) groups excluding carboxylic acids is 1. The first kappa shape index (κ1) is 18.8. The fourth-order valence-electron chi connectivity index (χ4n) is 3.66. The summed E-state index contributed by atoms with van der Waals surface area (Å²) in [5.74, 6) is 1.14. The van der Waals surface area contributed by atoms with Gasteiger partial charge >= 0.3 is 0 Å². The summed E-state index contributed by atoms with van der Waals surface area (Å²) in [5.41, 5.74) is 5.89. The number of benzene rings is 1. The highest BCUT2D eigenvalue weighted by molar-refractivity contribution is 7.07. The molecule has 3 aromatic rings. The highest BCUT2D eigenvalue weighted by Gasteiger charge is 2.26. The van der Waals surface area contributed by atoms with Crippen molar-refractivity contribution in [1.29, 1.82) is 0 Å². The summed E-state index contributed by atoms with van der Waals surface area (Å²) < 4.78 is 2.12. The molecule has 1 aliphatic rings. The van der Waals surface area contributed by atoms with Crippen LogP contribution in [0.25, 0.3) is 11.3 Å². The van der Waals surface area contributed by atoms with Gasteiger partial charge in [-0.1, -0.05) is 12.1 Å². The summed E-state index contributed by atoms with van der Waals surface area (Å²) >= 11 is 1.58. The number of imidazole rings is 1. The Bertz CT molecular complexity index is 932. The van der Waals surface area contributed by atoms with Crippen molar-refractivity contribution in [2.75, 3.05) is 18.4 Å². The molecule has 0 bridgehead atoms. The topological polar surface area (TPSA) is 63.1 Å². The third-order valence-electron chi connectivity index (χ3n) is 5.46. The van der Waals surface area contributed by atoms with Gasteiger partial charge in [-0.15, -0.1) is 11.3 Å². The molecule has 0 aliphatic carbocycles. The number of aromatic nitrogens is 3. The van der Waals surface area contributed by atoms with Gasteiger partial charge in [0.25, 0.3) is 0 Å². The Hall–Kier alpha value is -2.51. The van der Waals surface area contributed by atoms with Crippen LogP contribution in [0.4, 0.5) is 5.69 Å². The van der Waals surface area contributed by atoms with E-state index < -0.39 is 0 Å². The van der Waals surface area contributed by atoms with Crippen LogP contribution in [0.15, 0.2) is 41.4 Å². The van der Waals surface area contributed by atoms with Crippen LogP contribution >= 0.6 is 11.3 Å². The van der Waals surface area contributed by atoms with E-state index in [-0.39, 0.29) is 11.8 Å². The van der Waals surface area contributed by atoms with E-state index in [1.54, 1.807) is 11.3 Å². The molecule has 146 valence electrons. The number of amides is 1. The molecule has 1 atom stereocenters. The van der Waals surface area contributed by atoms with E-state index in [4.69, 9.17) is 0 Å². The van der Waals surface area contributed by atoms with Crippen LogP contribution in [0.1, 0.15) is 24.4 Å². The first-order valence-electron chi connectivity index (χ1n) is 9.59. The maximum Gasteiger partial charge on any atom is 0.228 e. The molecule has 0 radical (unpaired) electrons. The van der Waals surface area contributed by atoms with Gasteiger partial charge in [-0.05, 0) is 38.4 Å². The molecular weight excluding hydrogens is 370 g/mol. The number of anilines is 1. The van der Waals surface area contributed by atoms with Gasteiger partial charge in [0.05, 0.1) is 22.8 Å². The van der Waals surface area contributed by atoms with Gasteiger partial charge in [-0.25, -0.2) is 9.97 Å². The van der Waals surface area contributed by atoms with E-state index in [2.05, 4.69) is 24.8 Å². The summed E-state index contributed by atoms with van der Waals surface area (Å²) in [6, 6.07) is 7.91. The van der Waals surface area contributed by atoms with Crippen LogP contribution < -0.4 is 5.32 Å². The summed E-state index contributed by atoms with van der Waals surface area (Å²) in [4.78, 5) is 23.8. The Morgan fingerprint density at radius 2 is 2.11 bits per heavy atom. The second kappa shape index (κ2) is 8.24. The molecule has 1 aromatic carbocycles. The molecule has 28 heavy (non-hydrogen) atoms. The van der Waals surface area contributed by atoms with Crippen molar-refractivity contribution in [3.8, 4) is 11.3 Å². The Morgan fingerprint density at radius 1 is 1.29 bits per heavy atom. The largest absolute Gasteiger partial charge is 0.334 e. The number of nitrogens with one attached hydrogen (secondary N) is 1. The van der Waals surface area contributed by atoms with Crippen molar-refractivity contribution in [3.63, 3.8) is 0 Å². The molecule has 0 spiro atoms. The molecule has 7 heteroatoms. The predicted molar refractivity (Wildman–Crippen MR) is 112 cm³/mol. The number of carbonyl (C=O) groups is 1. The third-order valence-corrected chi connectivity index (χ3v) is 6.05. The van der Waals surface area contributed by atoms with Crippen molar-refractivity contribution in [3.05, 3.63) is 52.9 Å². The zero-order valence-corrected chi connectivity index (χ0v) is 17.1. The van der Waals surface area contributed by atoms with E-state index >= 15 is 0 Å². The Labute approximate surface area is 169 Å². The third kappa shape index (κ3) is 4.15. The molecular formula is C21H25N5OS. The minimum Gasteiger partial charge on any atom is -0.334 e. The summed E-state index contributed by atoms with van der Waals surface area (Å²) in [7, 11) is 2.04. The fourth-order valence-corrected chi connectivity index (χ4v) is 4.22. The van der Waals surface area contributed by atoms with Crippen LogP contribution in [0.5, 0.6) is 0 Å². The van der Waals surface area contributed by atoms with Crippen LogP contribution in [-0.2, 0) is 18.4 Å². The first-order chi connectivity index (χ1) is 13.6. The summed E-state index contributed by atoms with van der Waals surface area (Å²) in [6.07, 6.45) is 3.91. The highest BCUT2D eigenvalue weighted by atomic mass is 32.1. The molecule has 1 fully saturated rings. The fraction of sp³-hybridized carbons (Fsp3) is 0.381. The predicted octanol–water partition coefficient (Wildman–Crippen LogP) is 3.70. The van der Waals surface area contributed by atoms with Gasteiger partial charge in [0.2, 0.25) is 5.91 Å². The zero-order chi connectivity index (χ0) is 19.5. The second-order valence-electron chi connectivity index (χ2n) is 7.37. The molecule has 0 unspecified atom stereocenters. The SMILES string of the molecule is Cc1ncc(CN2CCC[C@H](C(=O)Nc3ccc(-c4cscn4)cc3)C2)n1C. The van der Waals surface area contributed by atoms with E-state index in [0.717, 1.165) is 55.2 Å². The smallest absolute Gasteiger partial charge is 0.228 e. The monoisotopic (exact) mass is 395 g/mol. The highest BCUT2D eigenvalue weighted by Crippen LogP contribution is 2.23. The lowest BCUT2D eigenvalue weighted by Gasteiger charge is -2.32. The summed E-state index contributed by atoms with van der Waals surface area (Å²) in [6.45, 7) is 4.66. The molecule has 1 aliphatic heterocycles. The average Bonchev–Trinajstić information content (AvgIpc) is 3.35. The van der Waals surface area contributed by atoms with Crippen LogP contribution in [0.3, 0.4) is 0 Å². The molecule has 1 saturated heterocycles. The molecule has 0 saturated carbocycles. The normalized spacial score (nSPS) is 17.6. The van der Waals surface area contributed by atoms with Crippen LogP contribution in [-0.4, -0.2) is 38.4 Å². The minimum absolute atomic E-state index is 0.0151. The van der Waals surface area contributed by atoms with Crippen molar-refractivity contribution < 1.29 is 4.79 Å². The van der Waals surface area contributed by atoms with E-state index in [9.17, 15) is 4.79 Å². The number of aryl methyl sites for hydroxylation is 1. The van der Waals surface area contributed by atoms with Crippen LogP contribution in [0.2, 0.25) is 0 Å². The van der Waals surface area contributed by atoms with Crippen molar-refractivity contribution in [2.24, 2.45) is 13.0 Å². The molecule has 2 aromatic heterocycles. The zero-order valence-electron chi connectivity index (χ0n) is 16.3. The van der Waals surface area contributed by atoms with E-state index in [0.29, 0.717) is 0 Å². The Kier molecular flexibility index (Phi) is 5.54. The quantitative estimate of drug-likeness (QED) is 0.715. The lowest BCUT2D eigenvalue weighted by atomic mass is 9.97. The number of hydrogen-bond acceptors (Lipinski definition) is 5. The van der Waals surface area contributed by atoms with Gasteiger partial charge in [-0.2, -0.15) is 0 Å². The minimum atomic E-state index is 0.0151. The maximum absolute atomic E-state index is 12.8. The Morgan fingerprint density at radius 3 is 2.79 bits per heavy atom. The van der Waals surface area contributed by atoms with Crippen LogP contribution in [0, 0.1) is 12.8 Å².